The zero-order valence-electron chi connectivity index (χ0n) is 7.74. The predicted octanol–water partition coefficient (Wildman–Crippen LogP) is 1.14. The van der Waals surface area contributed by atoms with Crippen molar-refractivity contribution < 1.29 is 18.4 Å². The Morgan fingerprint density at radius 3 is 2.47 bits per heavy atom. The maximum absolute atomic E-state index is 12.5. The van der Waals surface area contributed by atoms with Crippen LogP contribution in [0.1, 0.15) is 5.56 Å². The summed E-state index contributed by atoms with van der Waals surface area (Å²) in [6.07, 6.45) is -0.673. The zero-order chi connectivity index (χ0) is 11.3. The summed E-state index contributed by atoms with van der Waals surface area (Å²) < 4.78 is 24.9. The van der Waals surface area contributed by atoms with Crippen molar-refractivity contribution in [2.45, 2.75) is 12.5 Å². The van der Waals surface area contributed by atoms with E-state index in [0.29, 0.717) is 5.56 Å². The first kappa shape index (κ1) is 11.3. The third-order valence-corrected chi connectivity index (χ3v) is 1.75. The third-order valence-electron chi connectivity index (χ3n) is 1.75. The number of nitrogens with one attached hydrogen (secondary N) is 1. The third kappa shape index (κ3) is 3.12. The fraction of sp³-hybridized carbons (Fsp3) is 0.200. The van der Waals surface area contributed by atoms with Gasteiger partial charge >= 0.3 is 5.92 Å². The maximum Gasteiger partial charge on any atom is 0.378 e. The van der Waals surface area contributed by atoms with Crippen LogP contribution < -0.4 is 5.32 Å². The van der Waals surface area contributed by atoms with E-state index < -0.39 is 18.1 Å². The summed E-state index contributed by atoms with van der Waals surface area (Å²) >= 11 is 0. The van der Waals surface area contributed by atoms with Gasteiger partial charge in [-0.3, -0.25) is 9.59 Å². The molecule has 0 aliphatic carbocycles. The van der Waals surface area contributed by atoms with Crippen LogP contribution >= 0.6 is 0 Å². The summed E-state index contributed by atoms with van der Waals surface area (Å²) in [6.45, 7) is -0.0247. The van der Waals surface area contributed by atoms with E-state index in [1.807, 2.05) is 5.32 Å². The molecule has 0 heterocycles. The number of benzene rings is 1. The molecule has 0 aliphatic rings. The minimum atomic E-state index is -3.95. The van der Waals surface area contributed by atoms with Gasteiger partial charge < -0.3 is 5.32 Å². The number of hydrogen-bond acceptors (Lipinski definition) is 2. The molecular weight excluding hydrogens is 204 g/mol. The molecule has 0 saturated heterocycles. The number of carbonyl (C=O) groups is 2. The molecule has 5 heteroatoms. The molecule has 0 saturated carbocycles. The summed E-state index contributed by atoms with van der Waals surface area (Å²) in [5, 5.41) is 1.97. The van der Waals surface area contributed by atoms with Crippen LogP contribution in [0, 0.1) is 0 Å². The average Bonchev–Trinajstić information content (AvgIpc) is 2.27. The van der Waals surface area contributed by atoms with Crippen LogP contribution in [0.2, 0.25) is 0 Å². The van der Waals surface area contributed by atoms with Crippen molar-refractivity contribution in [2.75, 3.05) is 0 Å². The van der Waals surface area contributed by atoms with Crippen molar-refractivity contribution >= 4 is 12.2 Å². The second kappa shape index (κ2) is 4.63. The number of amides is 1. The summed E-state index contributed by atoms with van der Waals surface area (Å²) in [6, 6.07) is 8.57. The predicted molar refractivity (Wildman–Crippen MR) is 49.3 cm³/mol. The minimum Gasteiger partial charge on any atom is -0.346 e. The molecule has 0 radical (unpaired) electrons. The van der Waals surface area contributed by atoms with E-state index in [1.165, 1.54) is 0 Å². The molecule has 80 valence electrons. The lowest BCUT2D eigenvalue weighted by Crippen LogP contribution is -2.40. The Bertz CT molecular complexity index is 352. The molecule has 0 aliphatic heterocycles. The molecule has 3 nitrogen and oxygen atoms in total. The minimum absolute atomic E-state index is 0.0247. The molecule has 15 heavy (non-hydrogen) atoms. The maximum atomic E-state index is 12.5. The highest BCUT2D eigenvalue weighted by atomic mass is 19.3. The molecule has 1 amide bonds. The molecule has 1 aromatic rings. The molecule has 1 aromatic carbocycles. The molecule has 0 bridgehead atoms. The van der Waals surface area contributed by atoms with Gasteiger partial charge in [-0.2, -0.15) is 8.78 Å². The lowest BCUT2D eigenvalue weighted by atomic mass is 10.2. The Morgan fingerprint density at radius 1 is 1.33 bits per heavy atom. The van der Waals surface area contributed by atoms with Crippen molar-refractivity contribution in [3.05, 3.63) is 35.9 Å². The summed E-state index contributed by atoms with van der Waals surface area (Å²) in [5.74, 6) is -5.53. The SMILES string of the molecule is O=CC(F)(F)C(=O)NCc1ccccc1. The molecule has 0 spiro atoms. The van der Waals surface area contributed by atoms with Crippen LogP contribution in [0.15, 0.2) is 30.3 Å². The van der Waals surface area contributed by atoms with Crippen LogP contribution in [-0.4, -0.2) is 18.1 Å². The van der Waals surface area contributed by atoms with Gasteiger partial charge in [0.05, 0.1) is 0 Å². The van der Waals surface area contributed by atoms with Crippen LogP contribution in [0.25, 0.3) is 0 Å². The molecule has 0 atom stereocenters. The van der Waals surface area contributed by atoms with Gasteiger partial charge in [0.2, 0.25) is 0 Å². The van der Waals surface area contributed by atoms with Crippen LogP contribution in [-0.2, 0) is 16.1 Å². The lowest BCUT2D eigenvalue weighted by Gasteiger charge is -2.09. The van der Waals surface area contributed by atoms with Gasteiger partial charge in [-0.1, -0.05) is 30.3 Å². The fourth-order valence-corrected chi connectivity index (χ4v) is 0.950. The Morgan fingerprint density at radius 2 is 1.93 bits per heavy atom. The zero-order valence-corrected chi connectivity index (χ0v) is 7.74. The summed E-state index contributed by atoms with van der Waals surface area (Å²) in [5.41, 5.74) is 0.688. The van der Waals surface area contributed by atoms with Gasteiger partial charge in [-0.25, -0.2) is 0 Å². The highest BCUT2D eigenvalue weighted by Crippen LogP contribution is 2.09. The van der Waals surface area contributed by atoms with E-state index in [9.17, 15) is 18.4 Å². The van der Waals surface area contributed by atoms with Crippen LogP contribution in [0.4, 0.5) is 8.78 Å². The number of halogens is 2. The highest BCUT2D eigenvalue weighted by Gasteiger charge is 2.37. The lowest BCUT2D eigenvalue weighted by molar-refractivity contribution is -0.151. The normalized spacial score (nSPS) is 10.8. The van der Waals surface area contributed by atoms with Gasteiger partial charge in [0, 0.05) is 6.54 Å². The fourth-order valence-electron chi connectivity index (χ4n) is 0.950. The van der Waals surface area contributed by atoms with Crippen molar-refractivity contribution in [1.82, 2.24) is 5.32 Å². The summed E-state index contributed by atoms with van der Waals surface area (Å²) in [7, 11) is 0. The van der Waals surface area contributed by atoms with Gasteiger partial charge in [0.25, 0.3) is 5.91 Å². The first-order valence-electron chi connectivity index (χ1n) is 4.22. The number of aldehydes is 1. The van der Waals surface area contributed by atoms with E-state index in [-0.39, 0.29) is 6.54 Å². The Balaban J connectivity index is 2.52. The second-order valence-corrected chi connectivity index (χ2v) is 2.91. The first-order chi connectivity index (χ1) is 7.06. The van der Waals surface area contributed by atoms with Gasteiger partial charge in [0.1, 0.15) is 0 Å². The number of carbonyl (C=O) groups excluding carboxylic acids is 2. The number of hydrogen-bond donors (Lipinski definition) is 1. The van der Waals surface area contributed by atoms with Crippen LogP contribution in [0.3, 0.4) is 0 Å². The van der Waals surface area contributed by atoms with Gasteiger partial charge in [0.15, 0.2) is 6.29 Å². The van der Waals surface area contributed by atoms with Crippen molar-refractivity contribution in [1.29, 1.82) is 0 Å². The number of alkyl halides is 2. The van der Waals surface area contributed by atoms with E-state index in [2.05, 4.69) is 0 Å². The van der Waals surface area contributed by atoms with Crippen LogP contribution in [0.5, 0.6) is 0 Å². The molecule has 0 unspecified atom stereocenters. The monoisotopic (exact) mass is 213 g/mol. The Kier molecular flexibility index (Phi) is 3.49. The standard InChI is InChI=1S/C10H9F2NO2/c11-10(12,7-14)9(15)13-6-8-4-2-1-3-5-8/h1-5,7H,6H2,(H,13,15). The molecule has 1 rings (SSSR count). The highest BCUT2D eigenvalue weighted by molar-refractivity contribution is 5.97. The van der Waals surface area contributed by atoms with E-state index in [4.69, 9.17) is 0 Å². The largest absolute Gasteiger partial charge is 0.378 e. The van der Waals surface area contributed by atoms with Crippen molar-refractivity contribution in [3.8, 4) is 0 Å². The van der Waals surface area contributed by atoms with E-state index in [0.717, 1.165) is 0 Å². The topological polar surface area (TPSA) is 46.2 Å². The Hall–Kier alpha value is -1.78. The molecule has 0 fully saturated rings. The van der Waals surface area contributed by atoms with Crippen molar-refractivity contribution in [2.24, 2.45) is 0 Å². The second-order valence-electron chi connectivity index (χ2n) is 2.91. The van der Waals surface area contributed by atoms with Gasteiger partial charge in [-0.15, -0.1) is 0 Å². The summed E-state index contributed by atoms with van der Waals surface area (Å²) in [4.78, 5) is 20.6. The van der Waals surface area contributed by atoms with Crippen molar-refractivity contribution in [3.63, 3.8) is 0 Å². The number of rotatable bonds is 4. The smallest absolute Gasteiger partial charge is 0.346 e. The average molecular weight is 213 g/mol. The molecule has 0 aromatic heterocycles. The molecular formula is C10H9F2NO2. The van der Waals surface area contributed by atoms with E-state index in [1.54, 1.807) is 30.3 Å². The first-order valence-corrected chi connectivity index (χ1v) is 4.22. The van der Waals surface area contributed by atoms with E-state index >= 15 is 0 Å². The Labute approximate surface area is 85.1 Å². The quantitative estimate of drug-likeness (QED) is 0.602. The van der Waals surface area contributed by atoms with Gasteiger partial charge in [-0.05, 0) is 5.56 Å². The molecule has 1 N–H and O–H groups in total.